The molecule has 3 aromatic rings. The highest BCUT2D eigenvalue weighted by Crippen LogP contribution is 2.28. The lowest BCUT2D eigenvalue weighted by atomic mass is 9.96. The maximum atomic E-state index is 4.62. The molecular formula is C20H25N7. The fourth-order valence-electron chi connectivity index (χ4n) is 4.15. The van der Waals surface area contributed by atoms with Crippen molar-refractivity contribution >= 4 is 17.3 Å². The molecule has 1 fully saturated rings. The number of likely N-dealkylation sites (N-methyl/N-ethyl adjacent to an activating group) is 1. The molecule has 2 aliphatic rings. The van der Waals surface area contributed by atoms with Crippen LogP contribution in [0.15, 0.2) is 18.2 Å². The van der Waals surface area contributed by atoms with Crippen LogP contribution in [0.1, 0.15) is 35.5 Å². The van der Waals surface area contributed by atoms with Crippen LogP contribution >= 0.6 is 0 Å². The molecule has 0 spiro atoms. The number of aryl methyl sites for hydroxylation is 4. The number of aromatic nitrogens is 5. The molecule has 1 aliphatic carbocycles. The molecule has 4 heterocycles. The molecule has 3 aromatic heterocycles. The molecule has 1 aliphatic heterocycles. The molecule has 0 atom stereocenters. The molecule has 0 bridgehead atoms. The maximum absolute atomic E-state index is 4.62. The topological polar surface area (TPSA) is 62.5 Å². The van der Waals surface area contributed by atoms with E-state index in [1.807, 2.05) is 24.4 Å². The lowest BCUT2D eigenvalue weighted by Gasteiger charge is -2.45. The second kappa shape index (κ2) is 6.18. The van der Waals surface area contributed by atoms with Gasteiger partial charge >= 0.3 is 0 Å². The maximum Gasteiger partial charge on any atom is 0.157 e. The van der Waals surface area contributed by atoms with Gasteiger partial charge in [-0.1, -0.05) is 0 Å². The molecule has 140 valence electrons. The summed E-state index contributed by atoms with van der Waals surface area (Å²) in [7, 11) is 2.14. The van der Waals surface area contributed by atoms with Crippen LogP contribution in [-0.4, -0.2) is 51.0 Å². The molecule has 0 aromatic carbocycles. The summed E-state index contributed by atoms with van der Waals surface area (Å²) in [4.78, 5) is 9.23. The van der Waals surface area contributed by atoms with Crippen LogP contribution in [0, 0.1) is 13.8 Å². The van der Waals surface area contributed by atoms with Crippen molar-refractivity contribution in [2.75, 3.05) is 29.9 Å². The largest absolute Gasteiger partial charge is 0.353 e. The summed E-state index contributed by atoms with van der Waals surface area (Å²) in [6.45, 7) is 5.95. The normalized spacial score (nSPS) is 17.1. The Kier molecular flexibility index (Phi) is 3.77. The highest BCUT2D eigenvalue weighted by molar-refractivity contribution is 5.54. The third-order valence-electron chi connectivity index (χ3n) is 5.81. The molecule has 0 radical (unpaired) electrons. The van der Waals surface area contributed by atoms with Gasteiger partial charge in [0, 0.05) is 38.0 Å². The van der Waals surface area contributed by atoms with Gasteiger partial charge in [0.05, 0.1) is 17.4 Å². The Morgan fingerprint density at radius 3 is 2.67 bits per heavy atom. The lowest BCUT2D eigenvalue weighted by molar-refractivity contribution is 0.483. The zero-order chi connectivity index (χ0) is 18.5. The molecule has 0 amide bonds. The Morgan fingerprint density at radius 2 is 1.81 bits per heavy atom. The van der Waals surface area contributed by atoms with Crippen molar-refractivity contribution in [2.24, 2.45) is 0 Å². The average molecular weight is 363 g/mol. The third kappa shape index (κ3) is 2.81. The van der Waals surface area contributed by atoms with Gasteiger partial charge in [0.1, 0.15) is 5.82 Å². The van der Waals surface area contributed by atoms with Gasteiger partial charge in [0.15, 0.2) is 11.5 Å². The number of nitrogens with zero attached hydrogens (tertiary/aromatic N) is 7. The zero-order valence-electron chi connectivity index (χ0n) is 16.2. The number of hydrogen-bond acceptors (Lipinski definition) is 6. The summed E-state index contributed by atoms with van der Waals surface area (Å²) in [5, 5.41) is 13.6. The summed E-state index contributed by atoms with van der Waals surface area (Å²) < 4.78 is 1.95. The molecule has 0 saturated carbocycles. The van der Waals surface area contributed by atoms with Crippen molar-refractivity contribution in [2.45, 2.75) is 45.6 Å². The van der Waals surface area contributed by atoms with Gasteiger partial charge in [0.2, 0.25) is 0 Å². The summed E-state index contributed by atoms with van der Waals surface area (Å²) in [5.41, 5.74) is 5.50. The van der Waals surface area contributed by atoms with E-state index in [1.54, 1.807) is 0 Å². The van der Waals surface area contributed by atoms with Gasteiger partial charge in [0.25, 0.3) is 0 Å². The Labute approximate surface area is 159 Å². The second-order valence-electron chi connectivity index (χ2n) is 7.86. The van der Waals surface area contributed by atoms with E-state index in [4.69, 9.17) is 0 Å². The van der Waals surface area contributed by atoms with E-state index in [9.17, 15) is 0 Å². The van der Waals surface area contributed by atoms with Gasteiger partial charge in [-0.15, -0.1) is 5.10 Å². The molecule has 1 saturated heterocycles. The summed E-state index contributed by atoms with van der Waals surface area (Å²) >= 11 is 0. The minimum Gasteiger partial charge on any atom is -0.353 e. The van der Waals surface area contributed by atoms with Gasteiger partial charge in [-0.25, -0.2) is 4.98 Å². The molecule has 5 rings (SSSR count). The molecule has 7 nitrogen and oxygen atoms in total. The molecule has 27 heavy (non-hydrogen) atoms. The van der Waals surface area contributed by atoms with Crippen molar-refractivity contribution in [3.63, 3.8) is 0 Å². The van der Waals surface area contributed by atoms with Gasteiger partial charge in [-0.3, -0.25) is 0 Å². The van der Waals surface area contributed by atoms with E-state index in [-0.39, 0.29) is 0 Å². The first-order valence-corrected chi connectivity index (χ1v) is 9.76. The first-order valence-electron chi connectivity index (χ1n) is 9.76. The first-order chi connectivity index (χ1) is 13.1. The zero-order valence-corrected chi connectivity index (χ0v) is 16.2. The minimum atomic E-state index is 0.428. The van der Waals surface area contributed by atoms with E-state index < -0.39 is 0 Å². The Balaban J connectivity index is 1.35. The summed E-state index contributed by atoms with van der Waals surface area (Å²) in [6, 6.07) is 6.82. The predicted octanol–water partition coefficient (Wildman–Crippen LogP) is 2.34. The Hall–Kier alpha value is -2.70. The predicted molar refractivity (Wildman–Crippen MR) is 106 cm³/mol. The number of rotatable bonds is 3. The van der Waals surface area contributed by atoms with Crippen molar-refractivity contribution in [1.29, 1.82) is 0 Å². The van der Waals surface area contributed by atoms with Crippen molar-refractivity contribution in [1.82, 2.24) is 24.8 Å². The van der Waals surface area contributed by atoms with Gasteiger partial charge in [-0.2, -0.15) is 14.7 Å². The van der Waals surface area contributed by atoms with E-state index in [2.05, 4.69) is 49.3 Å². The van der Waals surface area contributed by atoms with Crippen LogP contribution in [0.2, 0.25) is 0 Å². The number of fused-ring (bicyclic) bond motifs is 2. The standard InChI is InChI=1S/C20H25N7/c1-13-9-20(27-18(21-13)8-14(2)24-27)25(3)16-11-26(12-16)19-10-15-6-4-5-7-17(15)22-23-19/h8-10,16H,4-7,11-12H2,1-3H3. The SMILES string of the molecule is Cc1cc(N(C)C2CN(c3cc4c(nn3)CCCC4)C2)n2nc(C)cc2n1. The summed E-state index contributed by atoms with van der Waals surface area (Å²) in [6.07, 6.45) is 4.73. The molecular weight excluding hydrogens is 338 g/mol. The lowest BCUT2D eigenvalue weighted by Crippen LogP contribution is -2.59. The Morgan fingerprint density at radius 1 is 1.00 bits per heavy atom. The van der Waals surface area contributed by atoms with Crippen LogP contribution in [0.25, 0.3) is 5.65 Å². The summed E-state index contributed by atoms with van der Waals surface area (Å²) in [5.74, 6) is 2.11. The van der Waals surface area contributed by atoms with Crippen molar-refractivity contribution in [3.8, 4) is 0 Å². The minimum absolute atomic E-state index is 0.428. The Bertz CT molecular complexity index is 1000. The van der Waals surface area contributed by atoms with Crippen LogP contribution in [0.5, 0.6) is 0 Å². The van der Waals surface area contributed by atoms with E-state index >= 15 is 0 Å². The number of hydrogen-bond donors (Lipinski definition) is 0. The average Bonchev–Trinajstić information content (AvgIpc) is 2.99. The molecule has 0 N–H and O–H groups in total. The van der Waals surface area contributed by atoms with Crippen molar-refractivity contribution < 1.29 is 0 Å². The van der Waals surface area contributed by atoms with Gasteiger partial charge in [-0.05, 0) is 51.2 Å². The van der Waals surface area contributed by atoms with Crippen molar-refractivity contribution in [3.05, 3.63) is 40.8 Å². The van der Waals surface area contributed by atoms with Crippen LogP contribution in [0.4, 0.5) is 11.6 Å². The molecule has 7 heteroatoms. The smallest absolute Gasteiger partial charge is 0.157 e. The molecule has 0 unspecified atom stereocenters. The first kappa shape index (κ1) is 16.5. The highest BCUT2D eigenvalue weighted by Gasteiger charge is 2.33. The monoisotopic (exact) mass is 363 g/mol. The third-order valence-corrected chi connectivity index (χ3v) is 5.81. The fourth-order valence-corrected chi connectivity index (χ4v) is 4.15. The van der Waals surface area contributed by atoms with Crippen LogP contribution in [0.3, 0.4) is 0 Å². The van der Waals surface area contributed by atoms with Crippen LogP contribution in [-0.2, 0) is 12.8 Å². The second-order valence-corrected chi connectivity index (χ2v) is 7.86. The number of anilines is 2. The van der Waals surface area contributed by atoms with Crippen LogP contribution < -0.4 is 9.80 Å². The van der Waals surface area contributed by atoms with E-state index in [0.717, 1.165) is 54.6 Å². The highest BCUT2D eigenvalue weighted by atomic mass is 15.4. The van der Waals surface area contributed by atoms with Gasteiger partial charge < -0.3 is 9.80 Å². The van der Waals surface area contributed by atoms with E-state index in [1.165, 1.54) is 24.1 Å². The quantitative estimate of drug-likeness (QED) is 0.712. The van der Waals surface area contributed by atoms with E-state index in [0.29, 0.717) is 6.04 Å². The fraction of sp³-hybridized carbons (Fsp3) is 0.500.